The first-order valence-corrected chi connectivity index (χ1v) is 8.20. The highest BCUT2D eigenvalue weighted by Crippen LogP contribution is 2.29. The third-order valence-electron chi connectivity index (χ3n) is 2.99. The summed E-state index contributed by atoms with van der Waals surface area (Å²) in [5.41, 5.74) is 4.85. The second-order valence-electron chi connectivity index (χ2n) is 4.33. The van der Waals surface area contributed by atoms with Gasteiger partial charge < -0.3 is 0 Å². The van der Waals surface area contributed by atoms with E-state index in [9.17, 15) is 0 Å². The predicted octanol–water partition coefficient (Wildman–Crippen LogP) is 5.27. The quantitative estimate of drug-likeness (QED) is 0.504. The molecule has 1 unspecified atom stereocenters. The van der Waals surface area contributed by atoms with Crippen molar-refractivity contribution >= 4 is 55.1 Å². The molecule has 0 fully saturated rings. The van der Waals surface area contributed by atoms with Crippen molar-refractivity contribution in [2.75, 3.05) is 0 Å². The number of halogens is 4. The molecule has 106 valence electrons. The monoisotopic (exact) mass is 436 g/mol. The first-order chi connectivity index (χ1) is 9.51. The van der Waals surface area contributed by atoms with Gasteiger partial charge in [0.1, 0.15) is 0 Å². The van der Waals surface area contributed by atoms with Crippen molar-refractivity contribution in [2.24, 2.45) is 5.84 Å². The molecule has 6 heteroatoms. The molecule has 20 heavy (non-hydrogen) atoms. The number of nitrogens with two attached hydrogens (primary N) is 1. The summed E-state index contributed by atoms with van der Waals surface area (Å²) in [5.74, 6) is 5.66. The molecule has 0 saturated heterocycles. The summed E-state index contributed by atoms with van der Waals surface area (Å²) in [6, 6.07) is 11.5. The van der Waals surface area contributed by atoms with Crippen molar-refractivity contribution in [3.05, 3.63) is 66.5 Å². The Balaban J connectivity index is 2.26. The number of nitrogens with one attached hydrogen (secondary N) is 1. The van der Waals surface area contributed by atoms with Gasteiger partial charge in [-0.05, 0) is 57.7 Å². The van der Waals surface area contributed by atoms with Gasteiger partial charge in [-0.2, -0.15) is 0 Å². The molecule has 0 aromatic heterocycles. The maximum absolute atomic E-state index is 6.24. The van der Waals surface area contributed by atoms with Crippen molar-refractivity contribution in [1.29, 1.82) is 0 Å². The zero-order chi connectivity index (χ0) is 14.7. The van der Waals surface area contributed by atoms with E-state index in [2.05, 4.69) is 37.3 Å². The van der Waals surface area contributed by atoms with Gasteiger partial charge in [0.25, 0.3) is 0 Å². The fourth-order valence-corrected chi connectivity index (χ4v) is 3.10. The third kappa shape index (κ3) is 3.97. The van der Waals surface area contributed by atoms with E-state index >= 15 is 0 Å². The molecule has 0 saturated carbocycles. The Kier molecular flexibility index (Phi) is 5.90. The fourth-order valence-electron chi connectivity index (χ4n) is 1.91. The molecule has 0 bridgehead atoms. The molecule has 0 spiro atoms. The van der Waals surface area contributed by atoms with Crippen molar-refractivity contribution in [3.8, 4) is 0 Å². The molecule has 2 aromatic rings. The molecule has 2 aromatic carbocycles. The van der Waals surface area contributed by atoms with E-state index in [0.29, 0.717) is 16.5 Å². The molecule has 1 atom stereocenters. The van der Waals surface area contributed by atoms with Gasteiger partial charge in [0.05, 0.1) is 11.1 Å². The van der Waals surface area contributed by atoms with Gasteiger partial charge in [0.15, 0.2) is 0 Å². The summed E-state index contributed by atoms with van der Waals surface area (Å²) in [6.45, 7) is 0. The minimum absolute atomic E-state index is 0.0562. The van der Waals surface area contributed by atoms with Crippen molar-refractivity contribution in [1.82, 2.24) is 5.43 Å². The van der Waals surface area contributed by atoms with Crippen LogP contribution in [0.5, 0.6) is 0 Å². The van der Waals surface area contributed by atoms with Crippen molar-refractivity contribution in [2.45, 2.75) is 12.5 Å². The summed E-state index contributed by atoms with van der Waals surface area (Å²) in [5, 5.41) is 1.37. The Morgan fingerprint density at radius 3 is 2.40 bits per heavy atom. The van der Waals surface area contributed by atoms with Crippen LogP contribution in [0.25, 0.3) is 0 Å². The summed E-state index contributed by atoms with van der Waals surface area (Å²) in [7, 11) is 0. The van der Waals surface area contributed by atoms with E-state index in [1.807, 2.05) is 36.4 Å². The minimum atomic E-state index is -0.0562. The van der Waals surface area contributed by atoms with Gasteiger partial charge >= 0.3 is 0 Å². The lowest BCUT2D eigenvalue weighted by Crippen LogP contribution is -2.29. The van der Waals surface area contributed by atoms with Crippen molar-refractivity contribution in [3.63, 3.8) is 0 Å². The summed E-state index contributed by atoms with van der Waals surface area (Å²) in [4.78, 5) is 0. The number of rotatable bonds is 4. The molecule has 0 aliphatic carbocycles. The highest BCUT2D eigenvalue weighted by atomic mass is 79.9. The lowest BCUT2D eigenvalue weighted by Gasteiger charge is -2.18. The van der Waals surface area contributed by atoms with Gasteiger partial charge in [-0.3, -0.25) is 11.3 Å². The van der Waals surface area contributed by atoms with Gasteiger partial charge in [-0.1, -0.05) is 51.3 Å². The first-order valence-electron chi connectivity index (χ1n) is 5.86. The highest BCUT2D eigenvalue weighted by molar-refractivity contribution is 9.10. The lowest BCUT2D eigenvalue weighted by atomic mass is 9.99. The Morgan fingerprint density at radius 1 is 1.05 bits per heavy atom. The molecule has 0 aliphatic heterocycles. The molecular weight excluding hydrogens is 427 g/mol. The molecular formula is C14H12Br2Cl2N2. The molecule has 3 N–H and O–H groups in total. The zero-order valence-corrected chi connectivity index (χ0v) is 15.0. The van der Waals surface area contributed by atoms with E-state index in [4.69, 9.17) is 29.0 Å². The van der Waals surface area contributed by atoms with Crippen LogP contribution in [0.15, 0.2) is 45.3 Å². The Morgan fingerprint density at radius 2 is 1.80 bits per heavy atom. The number of hydrogen-bond donors (Lipinski definition) is 2. The van der Waals surface area contributed by atoms with E-state index in [0.717, 1.165) is 20.1 Å². The first kappa shape index (κ1) is 16.3. The van der Waals surface area contributed by atoms with Crippen LogP contribution in [0.2, 0.25) is 10.0 Å². The standard InChI is InChI=1S/C14H12Br2Cl2N2/c15-10-3-1-8(12(17)7-10)6-14(20-19)9-2-4-11(16)13(18)5-9/h1-5,7,14,20H,6,19H2. The summed E-state index contributed by atoms with van der Waals surface area (Å²) >= 11 is 19.1. The second-order valence-corrected chi connectivity index (χ2v) is 6.92. The average molecular weight is 439 g/mol. The van der Waals surface area contributed by atoms with E-state index in [1.165, 1.54) is 0 Å². The van der Waals surface area contributed by atoms with Crippen LogP contribution >= 0.6 is 55.1 Å². The predicted molar refractivity (Wildman–Crippen MR) is 92.1 cm³/mol. The third-order valence-corrected chi connectivity index (χ3v) is 5.06. The van der Waals surface area contributed by atoms with Crippen LogP contribution in [0.1, 0.15) is 17.2 Å². The SMILES string of the molecule is NNC(Cc1ccc(Br)cc1Cl)c1ccc(Br)c(Cl)c1. The number of hydrogen-bond acceptors (Lipinski definition) is 2. The topological polar surface area (TPSA) is 38.0 Å². The maximum atomic E-state index is 6.24. The highest BCUT2D eigenvalue weighted by Gasteiger charge is 2.14. The summed E-state index contributed by atoms with van der Waals surface area (Å²) in [6.07, 6.45) is 0.681. The zero-order valence-electron chi connectivity index (χ0n) is 10.3. The van der Waals surface area contributed by atoms with Crippen LogP contribution in [-0.4, -0.2) is 0 Å². The lowest BCUT2D eigenvalue weighted by molar-refractivity contribution is 0.552. The maximum Gasteiger partial charge on any atom is 0.0551 e. The van der Waals surface area contributed by atoms with Gasteiger partial charge in [0.2, 0.25) is 0 Å². The molecule has 2 rings (SSSR count). The summed E-state index contributed by atoms with van der Waals surface area (Å²) < 4.78 is 1.82. The van der Waals surface area contributed by atoms with Crippen LogP contribution in [0, 0.1) is 0 Å². The normalized spacial score (nSPS) is 12.4. The Hall–Kier alpha value is -0.100. The number of hydrazine groups is 1. The van der Waals surface area contributed by atoms with E-state index in [-0.39, 0.29) is 6.04 Å². The smallest absolute Gasteiger partial charge is 0.0551 e. The molecule has 0 amide bonds. The largest absolute Gasteiger partial charge is 0.271 e. The Labute approximate surface area is 144 Å². The fraction of sp³-hybridized carbons (Fsp3) is 0.143. The molecule has 0 heterocycles. The van der Waals surface area contributed by atoms with Crippen molar-refractivity contribution < 1.29 is 0 Å². The van der Waals surface area contributed by atoms with Gasteiger partial charge in [-0.25, -0.2) is 0 Å². The van der Waals surface area contributed by atoms with Crippen LogP contribution in [0.3, 0.4) is 0 Å². The van der Waals surface area contributed by atoms with Crippen LogP contribution in [-0.2, 0) is 6.42 Å². The molecule has 2 nitrogen and oxygen atoms in total. The van der Waals surface area contributed by atoms with Gasteiger partial charge in [0, 0.05) is 14.0 Å². The Bertz CT molecular complexity index is 620. The van der Waals surface area contributed by atoms with E-state index < -0.39 is 0 Å². The molecule has 0 radical (unpaired) electrons. The number of benzene rings is 2. The second kappa shape index (κ2) is 7.25. The van der Waals surface area contributed by atoms with E-state index in [1.54, 1.807) is 0 Å². The van der Waals surface area contributed by atoms with Gasteiger partial charge in [-0.15, -0.1) is 0 Å². The molecule has 0 aliphatic rings. The minimum Gasteiger partial charge on any atom is -0.271 e. The van der Waals surface area contributed by atoms with Crippen LogP contribution in [0.4, 0.5) is 0 Å². The average Bonchev–Trinajstić information content (AvgIpc) is 2.41. The van der Waals surface area contributed by atoms with Crippen LogP contribution < -0.4 is 11.3 Å².